The maximum atomic E-state index is 13.5. The highest BCUT2D eigenvalue weighted by atomic mass is 32.2. The van der Waals surface area contributed by atoms with Gasteiger partial charge in [-0.25, -0.2) is 17.9 Å². The molecule has 2 N–H and O–H groups in total. The zero-order chi connectivity index (χ0) is 14.2. The van der Waals surface area contributed by atoms with Crippen molar-refractivity contribution >= 4 is 21.6 Å². The highest BCUT2D eigenvalue weighted by molar-refractivity contribution is 7.89. The van der Waals surface area contributed by atoms with Crippen molar-refractivity contribution in [3.8, 4) is 6.07 Å². The van der Waals surface area contributed by atoms with Gasteiger partial charge >= 0.3 is 0 Å². The molecule has 0 bridgehead atoms. The van der Waals surface area contributed by atoms with Gasteiger partial charge in [-0.1, -0.05) is 0 Å². The van der Waals surface area contributed by atoms with Crippen molar-refractivity contribution in [2.24, 2.45) is 5.14 Å². The molecule has 19 heavy (non-hydrogen) atoms. The summed E-state index contributed by atoms with van der Waals surface area (Å²) in [5.74, 6) is -1.20. The molecule has 2 rings (SSSR count). The number of halogens is 1. The molecule has 6 nitrogen and oxygen atoms in total. The van der Waals surface area contributed by atoms with E-state index in [0.717, 1.165) is 11.0 Å². The van der Waals surface area contributed by atoms with Gasteiger partial charge in [0.25, 0.3) is 0 Å². The molecule has 1 heterocycles. The van der Waals surface area contributed by atoms with E-state index in [0.29, 0.717) is 0 Å². The van der Waals surface area contributed by atoms with Crippen molar-refractivity contribution in [1.29, 1.82) is 5.26 Å². The zero-order valence-electron chi connectivity index (χ0n) is 9.71. The summed E-state index contributed by atoms with van der Waals surface area (Å²) in [5, 5.41) is 12.6. The second-order valence-corrected chi connectivity index (χ2v) is 6.04. The Labute approximate surface area is 109 Å². The minimum atomic E-state index is -3.81. The third-order valence-corrected chi connectivity index (χ3v) is 4.18. The highest BCUT2D eigenvalue weighted by Gasteiger charge is 2.37. The largest absolute Gasteiger partial charge is 0.311 e. The Morgan fingerprint density at radius 1 is 1.47 bits per heavy atom. The van der Waals surface area contributed by atoms with Crippen LogP contribution in [-0.2, 0) is 14.8 Å². The van der Waals surface area contributed by atoms with Gasteiger partial charge in [-0.05, 0) is 18.2 Å². The van der Waals surface area contributed by atoms with Gasteiger partial charge in [0.05, 0.1) is 5.56 Å². The Balaban J connectivity index is 2.31. The minimum absolute atomic E-state index is 0.108. The van der Waals surface area contributed by atoms with E-state index in [4.69, 9.17) is 10.4 Å². The van der Waals surface area contributed by atoms with Crippen molar-refractivity contribution in [3.05, 3.63) is 29.6 Å². The summed E-state index contributed by atoms with van der Waals surface area (Å²) in [6.45, 7) is -0.108. The molecule has 1 amide bonds. The summed E-state index contributed by atoms with van der Waals surface area (Å²) in [6.07, 6.45) is -0.222. The first-order valence-electron chi connectivity index (χ1n) is 5.34. The molecule has 0 spiro atoms. The van der Waals surface area contributed by atoms with Crippen molar-refractivity contribution in [1.82, 2.24) is 0 Å². The van der Waals surface area contributed by atoms with E-state index in [1.807, 2.05) is 0 Å². The number of hydrogen-bond acceptors (Lipinski definition) is 4. The molecule has 0 saturated carbocycles. The van der Waals surface area contributed by atoms with Gasteiger partial charge in [0.15, 0.2) is 0 Å². The Bertz CT molecular complexity index is 681. The summed E-state index contributed by atoms with van der Waals surface area (Å²) in [4.78, 5) is 12.9. The average molecular weight is 283 g/mol. The Hall–Kier alpha value is -1.98. The Kier molecular flexibility index (Phi) is 3.26. The van der Waals surface area contributed by atoms with E-state index in [2.05, 4.69) is 0 Å². The fraction of sp³-hybridized carbons (Fsp3) is 0.273. The maximum absolute atomic E-state index is 13.5. The first-order valence-corrected chi connectivity index (χ1v) is 6.95. The number of nitrogens with two attached hydrogens (primary N) is 1. The standard InChI is InChI=1S/C11H10FN3O3S/c12-10-3-8(2-1-7(10)5-13)15-6-9(4-11(15)16)19(14,17)18/h1-3,9H,4,6H2,(H2,14,17,18). The molecule has 1 aliphatic rings. The Morgan fingerprint density at radius 3 is 2.63 bits per heavy atom. The lowest BCUT2D eigenvalue weighted by atomic mass is 10.2. The predicted molar refractivity (Wildman–Crippen MR) is 65.0 cm³/mol. The van der Waals surface area contributed by atoms with Gasteiger partial charge in [-0.2, -0.15) is 5.26 Å². The first kappa shape index (κ1) is 13.5. The van der Waals surface area contributed by atoms with E-state index in [9.17, 15) is 17.6 Å². The summed E-state index contributed by atoms with van der Waals surface area (Å²) in [5.41, 5.74) is 0.0750. The third-order valence-electron chi connectivity index (χ3n) is 2.94. The topological polar surface area (TPSA) is 104 Å². The number of primary sulfonamides is 1. The smallest absolute Gasteiger partial charge is 0.228 e. The highest BCUT2D eigenvalue weighted by Crippen LogP contribution is 2.25. The lowest BCUT2D eigenvalue weighted by Crippen LogP contribution is -2.32. The van der Waals surface area contributed by atoms with Crippen LogP contribution in [0.2, 0.25) is 0 Å². The van der Waals surface area contributed by atoms with Gasteiger partial charge in [0.2, 0.25) is 15.9 Å². The number of amides is 1. The molecular weight excluding hydrogens is 273 g/mol. The fourth-order valence-corrected chi connectivity index (χ4v) is 2.64. The van der Waals surface area contributed by atoms with E-state index < -0.39 is 27.0 Å². The van der Waals surface area contributed by atoms with Gasteiger partial charge in [-0.3, -0.25) is 4.79 Å². The second-order valence-electron chi connectivity index (χ2n) is 4.20. The monoisotopic (exact) mass is 283 g/mol. The number of nitriles is 1. The molecule has 1 unspecified atom stereocenters. The molecule has 8 heteroatoms. The number of benzene rings is 1. The first-order chi connectivity index (χ1) is 8.82. The maximum Gasteiger partial charge on any atom is 0.228 e. The Morgan fingerprint density at radius 2 is 2.16 bits per heavy atom. The number of anilines is 1. The molecule has 1 aliphatic heterocycles. The summed E-state index contributed by atoms with van der Waals surface area (Å²) >= 11 is 0. The van der Waals surface area contributed by atoms with Crippen molar-refractivity contribution in [3.63, 3.8) is 0 Å². The SMILES string of the molecule is N#Cc1ccc(N2CC(S(N)(=O)=O)CC2=O)cc1F. The third kappa shape index (κ3) is 2.57. The minimum Gasteiger partial charge on any atom is -0.311 e. The molecule has 1 saturated heterocycles. The van der Waals surface area contributed by atoms with E-state index in [1.54, 1.807) is 6.07 Å². The van der Waals surface area contributed by atoms with Crippen LogP contribution in [0.4, 0.5) is 10.1 Å². The van der Waals surface area contributed by atoms with Crippen LogP contribution in [0.15, 0.2) is 18.2 Å². The zero-order valence-corrected chi connectivity index (χ0v) is 10.5. The van der Waals surface area contributed by atoms with Crippen LogP contribution in [0.5, 0.6) is 0 Å². The van der Waals surface area contributed by atoms with Crippen LogP contribution in [0.1, 0.15) is 12.0 Å². The number of sulfonamides is 1. The molecule has 1 atom stereocenters. The number of carbonyl (C=O) groups is 1. The van der Waals surface area contributed by atoms with Crippen LogP contribution < -0.4 is 10.0 Å². The molecule has 0 aliphatic carbocycles. The predicted octanol–water partition coefficient (Wildman–Crippen LogP) is 0.0912. The normalized spacial score (nSPS) is 19.5. The lowest BCUT2D eigenvalue weighted by Gasteiger charge is -2.16. The van der Waals surface area contributed by atoms with E-state index in [-0.39, 0.29) is 24.2 Å². The molecule has 1 fully saturated rings. The molecule has 1 aromatic rings. The molecule has 0 aromatic heterocycles. The summed E-state index contributed by atoms with van der Waals surface area (Å²) in [7, 11) is -3.81. The second kappa shape index (κ2) is 4.60. The summed E-state index contributed by atoms with van der Waals surface area (Å²) < 4.78 is 35.9. The van der Waals surface area contributed by atoms with Crippen molar-refractivity contribution < 1.29 is 17.6 Å². The van der Waals surface area contributed by atoms with Crippen molar-refractivity contribution in [2.45, 2.75) is 11.7 Å². The molecular formula is C11H10FN3O3S. The van der Waals surface area contributed by atoms with Crippen LogP contribution in [0, 0.1) is 17.1 Å². The van der Waals surface area contributed by atoms with Crippen LogP contribution >= 0.6 is 0 Å². The van der Waals surface area contributed by atoms with Crippen molar-refractivity contribution in [2.75, 3.05) is 11.4 Å². The van der Waals surface area contributed by atoms with Crippen LogP contribution in [0.3, 0.4) is 0 Å². The lowest BCUT2D eigenvalue weighted by molar-refractivity contribution is -0.117. The molecule has 1 aromatic carbocycles. The fourth-order valence-electron chi connectivity index (χ4n) is 1.91. The molecule has 100 valence electrons. The van der Waals surface area contributed by atoms with Crippen LogP contribution in [-0.4, -0.2) is 26.1 Å². The number of rotatable bonds is 2. The number of hydrogen-bond donors (Lipinski definition) is 1. The van der Waals surface area contributed by atoms with E-state index >= 15 is 0 Å². The van der Waals surface area contributed by atoms with E-state index in [1.165, 1.54) is 12.1 Å². The van der Waals surface area contributed by atoms with Crippen LogP contribution in [0.25, 0.3) is 0 Å². The number of nitrogens with zero attached hydrogens (tertiary/aromatic N) is 2. The van der Waals surface area contributed by atoms with Gasteiger partial charge < -0.3 is 4.90 Å². The molecule has 0 radical (unpaired) electrons. The average Bonchev–Trinajstić information content (AvgIpc) is 2.71. The number of carbonyl (C=O) groups excluding carboxylic acids is 1. The van der Waals surface area contributed by atoms with Gasteiger partial charge in [-0.15, -0.1) is 0 Å². The summed E-state index contributed by atoms with van der Waals surface area (Å²) in [6, 6.07) is 5.32. The van der Waals surface area contributed by atoms with Gasteiger partial charge in [0.1, 0.15) is 17.1 Å². The quantitative estimate of drug-likeness (QED) is 0.830. The van der Waals surface area contributed by atoms with Gasteiger partial charge in [0, 0.05) is 18.7 Å².